The number of hydrogen-bond donors (Lipinski definition) is 2. The molecule has 7 heteroatoms. The summed E-state index contributed by atoms with van der Waals surface area (Å²) in [5.74, 6) is 0.111. The molecule has 2 N–H and O–H groups in total. The van der Waals surface area contributed by atoms with E-state index in [-0.39, 0.29) is 41.6 Å². The predicted molar refractivity (Wildman–Crippen MR) is 107 cm³/mol. The summed E-state index contributed by atoms with van der Waals surface area (Å²) in [4.78, 5) is 4.09. The van der Waals surface area contributed by atoms with E-state index in [9.17, 15) is 8.78 Å². The maximum atomic E-state index is 13.5. The van der Waals surface area contributed by atoms with Crippen molar-refractivity contribution in [2.24, 2.45) is 4.99 Å². The summed E-state index contributed by atoms with van der Waals surface area (Å²) < 4.78 is 32.2. The molecule has 0 amide bonds. The molecular weight excluding hydrogens is 439 g/mol. The van der Waals surface area contributed by atoms with Crippen LogP contribution in [0.15, 0.2) is 53.5 Å². The molecule has 0 fully saturated rings. The fraction of sp³-hybridized carbons (Fsp3) is 0.278. The van der Waals surface area contributed by atoms with Crippen molar-refractivity contribution < 1.29 is 13.5 Å². The van der Waals surface area contributed by atoms with E-state index in [0.717, 1.165) is 5.56 Å². The van der Waals surface area contributed by atoms with Gasteiger partial charge < -0.3 is 15.4 Å². The Labute approximate surface area is 163 Å². The molecule has 1 atom stereocenters. The Morgan fingerprint density at radius 1 is 1.12 bits per heavy atom. The molecule has 2 aromatic carbocycles. The molecule has 0 spiro atoms. The summed E-state index contributed by atoms with van der Waals surface area (Å²) in [6, 6.07) is 12.6. The van der Waals surface area contributed by atoms with Crippen LogP contribution < -0.4 is 15.4 Å². The van der Waals surface area contributed by atoms with E-state index in [2.05, 4.69) is 15.6 Å². The second kappa shape index (κ2) is 10.9. The second-order valence-electron chi connectivity index (χ2n) is 5.30. The van der Waals surface area contributed by atoms with Crippen LogP contribution in [0.4, 0.5) is 8.78 Å². The number of hydrogen-bond acceptors (Lipinski definition) is 2. The van der Waals surface area contributed by atoms with Crippen LogP contribution >= 0.6 is 24.0 Å². The van der Waals surface area contributed by atoms with Crippen molar-refractivity contribution in [1.29, 1.82) is 0 Å². The number of aliphatic imine (C=N–C) groups is 1. The van der Waals surface area contributed by atoms with Gasteiger partial charge in [-0.3, -0.25) is 4.99 Å². The first kappa shape index (κ1) is 21.1. The minimum Gasteiger partial charge on any atom is -0.486 e. The van der Waals surface area contributed by atoms with E-state index in [0.29, 0.717) is 19.0 Å². The number of halogens is 3. The zero-order chi connectivity index (χ0) is 17.4. The van der Waals surface area contributed by atoms with Gasteiger partial charge in [-0.25, -0.2) is 8.78 Å². The topological polar surface area (TPSA) is 45.7 Å². The summed E-state index contributed by atoms with van der Waals surface area (Å²) in [5.41, 5.74) is 0.814. The fourth-order valence-corrected chi connectivity index (χ4v) is 2.09. The minimum absolute atomic E-state index is 0. The van der Waals surface area contributed by atoms with Crippen LogP contribution in [0.25, 0.3) is 0 Å². The second-order valence-corrected chi connectivity index (χ2v) is 5.30. The number of para-hydroxylation sites is 1. The third kappa shape index (κ3) is 7.25. The molecule has 2 rings (SSSR count). The average Bonchev–Trinajstić information content (AvgIpc) is 2.57. The van der Waals surface area contributed by atoms with Crippen molar-refractivity contribution >= 4 is 29.9 Å². The standard InChI is InChI=1S/C18H21F2N3O.HI/c1-13(24-17-9-4-3-8-16(17)20)11-22-18(21-2)23-12-14-6-5-7-15(19)10-14;/h3-10,13H,11-12H2,1-2H3,(H2,21,22,23);1H. The van der Waals surface area contributed by atoms with Crippen LogP contribution in [-0.4, -0.2) is 25.7 Å². The van der Waals surface area contributed by atoms with Crippen LogP contribution in [0.5, 0.6) is 5.75 Å². The maximum absolute atomic E-state index is 13.5. The maximum Gasteiger partial charge on any atom is 0.191 e. The van der Waals surface area contributed by atoms with Gasteiger partial charge >= 0.3 is 0 Å². The highest BCUT2D eigenvalue weighted by Crippen LogP contribution is 2.16. The summed E-state index contributed by atoms with van der Waals surface area (Å²) in [6.45, 7) is 2.72. The number of nitrogens with zero attached hydrogens (tertiary/aromatic N) is 1. The molecule has 2 aromatic rings. The zero-order valence-corrected chi connectivity index (χ0v) is 16.5. The SMILES string of the molecule is CN=C(NCc1cccc(F)c1)NCC(C)Oc1ccccc1F.I. The van der Waals surface area contributed by atoms with Gasteiger partial charge in [-0.2, -0.15) is 0 Å². The van der Waals surface area contributed by atoms with E-state index in [4.69, 9.17) is 4.74 Å². The van der Waals surface area contributed by atoms with Gasteiger partial charge in [0.25, 0.3) is 0 Å². The lowest BCUT2D eigenvalue weighted by atomic mass is 10.2. The van der Waals surface area contributed by atoms with Crippen molar-refractivity contribution in [3.8, 4) is 5.75 Å². The third-order valence-corrected chi connectivity index (χ3v) is 3.29. The van der Waals surface area contributed by atoms with E-state index in [1.54, 1.807) is 31.3 Å². The van der Waals surface area contributed by atoms with Gasteiger partial charge in [-0.1, -0.05) is 24.3 Å². The lowest BCUT2D eigenvalue weighted by Gasteiger charge is -2.18. The normalized spacial score (nSPS) is 12.1. The van der Waals surface area contributed by atoms with Crippen molar-refractivity contribution in [2.75, 3.05) is 13.6 Å². The highest BCUT2D eigenvalue weighted by molar-refractivity contribution is 14.0. The van der Waals surface area contributed by atoms with Gasteiger partial charge in [-0.05, 0) is 36.8 Å². The third-order valence-electron chi connectivity index (χ3n) is 3.29. The van der Waals surface area contributed by atoms with Crippen LogP contribution in [0, 0.1) is 11.6 Å². The molecule has 0 saturated carbocycles. The predicted octanol–water partition coefficient (Wildman–Crippen LogP) is 3.72. The number of rotatable bonds is 6. The largest absolute Gasteiger partial charge is 0.486 e. The Morgan fingerprint density at radius 2 is 1.88 bits per heavy atom. The Hall–Kier alpha value is -1.90. The Morgan fingerprint density at radius 3 is 2.56 bits per heavy atom. The van der Waals surface area contributed by atoms with Crippen molar-refractivity contribution in [1.82, 2.24) is 10.6 Å². The van der Waals surface area contributed by atoms with E-state index >= 15 is 0 Å². The molecule has 1 unspecified atom stereocenters. The quantitative estimate of drug-likeness (QED) is 0.392. The molecule has 0 aliphatic heterocycles. The van der Waals surface area contributed by atoms with Gasteiger partial charge in [0.15, 0.2) is 17.5 Å². The summed E-state index contributed by atoms with van der Waals surface area (Å²) >= 11 is 0. The Bertz CT molecular complexity index is 698. The number of benzene rings is 2. The van der Waals surface area contributed by atoms with Crippen LogP contribution in [0.3, 0.4) is 0 Å². The van der Waals surface area contributed by atoms with E-state index in [1.807, 2.05) is 13.0 Å². The van der Waals surface area contributed by atoms with Crippen LogP contribution in [0.2, 0.25) is 0 Å². The van der Waals surface area contributed by atoms with Gasteiger partial charge in [0.1, 0.15) is 11.9 Å². The first-order chi connectivity index (χ1) is 11.6. The first-order valence-corrected chi connectivity index (χ1v) is 7.68. The van der Waals surface area contributed by atoms with Crippen molar-refractivity contribution in [3.63, 3.8) is 0 Å². The molecule has 0 saturated heterocycles. The lowest BCUT2D eigenvalue weighted by Crippen LogP contribution is -2.41. The molecule has 0 aliphatic rings. The zero-order valence-electron chi connectivity index (χ0n) is 14.1. The summed E-state index contributed by atoms with van der Waals surface area (Å²) in [6.07, 6.45) is -0.255. The lowest BCUT2D eigenvalue weighted by molar-refractivity contribution is 0.214. The smallest absolute Gasteiger partial charge is 0.191 e. The molecular formula is C18H22F2IN3O. The Balaban J connectivity index is 0.00000312. The highest BCUT2D eigenvalue weighted by Gasteiger charge is 2.08. The van der Waals surface area contributed by atoms with E-state index in [1.165, 1.54) is 18.2 Å². The number of nitrogens with one attached hydrogen (secondary N) is 2. The first-order valence-electron chi connectivity index (χ1n) is 7.68. The summed E-state index contributed by atoms with van der Waals surface area (Å²) in [5, 5.41) is 6.18. The number of guanidine groups is 1. The van der Waals surface area contributed by atoms with Crippen molar-refractivity contribution in [2.45, 2.75) is 19.6 Å². The minimum atomic E-state index is -0.391. The van der Waals surface area contributed by atoms with Gasteiger partial charge in [-0.15, -0.1) is 24.0 Å². The van der Waals surface area contributed by atoms with Crippen molar-refractivity contribution in [3.05, 3.63) is 65.7 Å². The van der Waals surface area contributed by atoms with Crippen LogP contribution in [-0.2, 0) is 6.54 Å². The Kier molecular flexibility index (Phi) is 9.18. The van der Waals surface area contributed by atoms with E-state index < -0.39 is 5.82 Å². The molecule has 0 heterocycles. The average molecular weight is 461 g/mol. The van der Waals surface area contributed by atoms with Gasteiger partial charge in [0.2, 0.25) is 0 Å². The van der Waals surface area contributed by atoms with Crippen LogP contribution in [0.1, 0.15) is 12.5 Å². The fourth-order valence-electron chi connectivity index (χ4n) is 2.09. The molecule has 0 bridgehead atoms. The van der Waals surface area contributed by atoms with Gasteiger partial charge in [0.05, 0.1) is 6.54 Å². The molecule has 4 nitrogen and oxygen atoms in total. The number of ether oxygens (including phenoxy) is 1. The molecule has 0 aromatic heterocycles. The monoisotopic (exact) mass is 461 g/mol. The summed E-state index contributed by atoms with van der Waals surface area (Å²) in [7, 11) is 1.64. The molecule has 25 heavy (non-hydrogen) atoms. The molecule has 0 aliphatic carbocycles. The molecule has 136 valence electrons. The molecule has 0 radical (unpaired) electrons. The highest BCUT2D eigenvalue weighted by atomic mass is 127. The van der Waals surface area contributed by atoms with Gasteiger partial charge in [0, 0.05) is 13.6 Å².